The fourth-order valence-electron chi connectivity index (χ4n) is 8.77. The second kappa shape index (κ2) is 14.2. The maximum absolute atomic E-state index is 14.3. The molecule has 1 spiro atoms. The number of carbonyl (C=O) groups is 3. The lowest BCUT2D eigenvalue weighted by Gasteiger charge is -2.62. The van der Waals surface area contributed by atoms with Crippen LogP contribution in [0.25, 0.3) is 0 Å². The molecule has 0 unspecified atom stereocenters. The Bertz CT molecular complexity index is 1340. The molecule has 0 aromatic heterocycles. The van der Waals surface area contributed by atoms with Gasteiger partial charge in [0.25, 0.3) is 0 Å². The first kappa shape index (κ1) is 32.5. The van der Waals surface area contributed by atoms with Crippen LogP contribution in [0, 0.1) is 23.2 Å². The first-order valence-electron chi connectivity index (χ1n) is 17.6. The molecule has 5 aliphatic rings. The van der Waals surface area contributed by atoms with Gasteiger partial charge in [-0.05, 0) is 92.1 Å². The standard InChI is InChI=1S/C38H52N4O4/c1-37(2)31-17-16-30(32(37)25-31)26-42-34(43)33(15-9-10-21-39-36(45)46-27-29-13-7-4-8-14-29)40-35(44)38(42)19-23-41(24-20-38)22-18-28-11-5-3-6-12-28/h3-8,11-14,30-33H,9-10,15-27H2,1-2H3,(H,39,45)(H,40,44)/t30-,31+,32+,33+/m1/s1. The summed E-state index contributed by atoms with van der Waals surface area (Å²) < 4.78 is 5.31. The van der Waals surface area contributed by atoms with E-state index in [0.717, 1.165) is 50.4 Å². The van der Waals surface area contributed by atoms with Crippen LogP contribution in [0.2, 0.25) is 0 Å². The molecule has 2 aliphatic heterocycles. The van der Waals surface area contributed by atoms with Gasteiger partial charge in [0.1, 0.15) is 18.2 Å². The maximum Gasteiger partial charge on any atom is 0.407 e. The fourth-order valence-corrected chi connectivity index (χ4v) is 8.77. The first-order valence-corrected chi connectivity index (χ1v) is 17.6. The number of hydrogen-bond donors (Lipinski definition) is 2. The number of nitrogens with zero attached hydrogens (tertiary/aromatic N) is 2. The Morgan fingerprint density at radius 3 is 2.33 bits per heavy atom. The predicted molar refractivity (Wildman–Crippen MR) is 179 cm³/mol. The van der Waals surface area contributed by atoms with Crippen LogP contribution in [0.15, 0.2) is 60.7 Å². The third-order valence-electron chi connectivity index (χ3n) is 11.9. The van der Waals surface area contributed by atoms with E-state index in [2.05, 4.69) is 58.5 Å². The monoisotopic (exact) mass is 628 g/mol. The average molecular weight is 629 g/mol. The van der Waals surface area contributed by atoms with Gasteiger partial charge in [-0.25, -0.2) is 4.79 Å². The highest BCUT2D eigenvalue weighted by Crippen LogP contribution is 2.61. The smallest absolute Gasteiger partial charge is 0.407 e. The lowest BCUT2D eigenvalue weighted by molar-refractivity contribution is -0.168. The predicted octanol–water partition coefficient (Wildman–Crippen LogP) is 5.56. The number of rotatable bonds is 12. The molecule has 2 aromatic rings. The number of benzene rings is 2. The van der Waals surface area contributed by atoms with E-state index in [9.17, 15) is 14.4 Å². The SMILES string of the molecule is CC1(C)[C@H]2CC[C@H](CN3C(=O)[C@H](CCCCNC(=O)OCc4ccccc4)NC(=O)C34CCN(CCc3ccccc3)CC4)[C@@H]1C2. The highest BCUT2D eigenvalue weighted by atomic mass is 16.5. The molecule has 3 aliphatic carbocycles. The number of fused-ring (bicyclic) bond motifs is 2. The van der Waals surface area contributed by atoms with Gasteiger partial charge >= 0.3 is 6.09 Å². The lowest BCUT2D eigenvalue weighted by atomic mass is 9.45. The molecule has 46 heavy (non-hydrogen) atoms. The summed E-state index contributed by atoms with van der Waals surface area (Å²) in [6.45, 7) is 8.81. The van der Waals surface area contributed by atoms with E-state index in [1.165, 1.54) is 18.4 Å². The van der Waals surface area contributed by atoms with Crippen LogP contribution in [0.3, 0.4) is 0 Å². The third-order valence-corrected chi connectivity index (χ3v) is 11.9. The van der Waals surface area contributed by atoms with Crippen LogP contribution in [-0.2, 0) is 27.4 Å². The van der Waals surface area contributed by atoms with Crippen molar-refractivity contribution in [2.24, 2.45) is 23.2 Å². The van der Waals surface area contributed by atoms with Gasteiger partial charge in [-0.2, -0.15) is 0 Å². The summed E-state index contributed by atoms with van der Waals surface area (Å²) in [5, 5.41) is 5.99. The molecule has 4 atom stereocenters. The minimum Gasteiger partial charge on any atom is -0.445 e. The van der Waals surface area contributed by atoms with Crippen molar-refractivity contribution < 1.29 is 19.1 Å². The Kier molecular flexibility index (Phi) is 10.0. The van der Waals surface area contributed by atoms with Gasteiger partial charge in [0, 0.05) is 32.7 Å². The van der Waals surface area contributed by atoms with Crippen molar-refractivity contribution in [3.8, 4) is 0 Å². The number of piperidine rings is 1. The zero-order valence-electron chi connectivity index (χ0n) is 27.7. The molecule has 0 radical (unpaired) electrons. The summed E-state index contributed by atoms with van der Waals surface area (Å²) in [6, 6.07) is 19.7. The Labute approximate surface area is 274 Å². The van der Waals surface area contributed by atoms with Gasteiger partial charge in [-0.15, -0.1) is 0 Å². The summed E-state index contributed by atoms with van der Waals surface area (Å²) in [5.74, 6) is 2.00. The largest absolute Gasteiger partial charge is 0.445 e. The molecule has 2 N–H and O–H groups in total. The van der Waals surface area contributed by atoms with Gasteiger partial charge in [0.15, 0.2) is 0 Å². The second-order valence-corrected chi connectivity index (χ2v) is 14.8. The quantitative estimate of drug-likeness (QED) is 0.301. The molecule has 2 bridgehead atoms. The summed E-state index contributed by atoms with van der Waals surface area (Å²) >= 11 is 0. The van der Waals surface area contributed by atoms with Gasteiger partial charge < -0.3 is 25.2 Å². The van der Waals surface area contributed by atoms with Crippen molar-refractivity contribution in [2.45, 2.75) is 89.8 Å². The molecular weight excluding hydrogens is 576 g/mol. The highest BCUT2D eigenvalue weighted by molar-refractivity contribution is 6.00. The summed E-state index contributed by atoms with van der Waals surface area (Å²) in [6.07, 6.45) is 7.57. The summed E-state index contributed by atoms with van der Waals surface area (Å²) in [4.78, 5) is 45.0. The van der Waals surface area contributed by atoms with E-state index in [1.54, 1.807) is 0 Å². The molecule has 8 nitrogen and oxygen atoms in total. The molecule has 3 amide bonds. The number of piperazine rings is 1. The minimum atomic E-state index is -0.758. The molecule has 3 saturated carbocycles. The van der Waals surface area contributed by atoms with Crippen molar-refractivity contribution in [3.05, 3.63) is 71.8 Å². The van der Waals surface area contributed by atoms with E-state index >= 15 is 0 Å². The molecule has 5 fully saturated rings. The fraction of sp³-hybridized carbons (Fsp3) is 0.605. The van der Waals surface area contributed by atoms with E-state index in [1.807, 2.05) is 36.4 Å². The van der Waals surface area contributed by atoms with Crippen LogP contribution in [0.5, 0.6) is 0 Å². The number of hydrogen-bond acceptors (Lipinski definition) is 5. The summed E-state index contributed by atoms with van der Waals surface area (Å²) in [7, 11) is 0. The molecule has 2 aromatic carbocycles. The van der Waals surface area contributed by atoms with Crippen LogP contribution in [-0.4, -0.2) is 72.0 Å². The zero-order valence-corrected chi connectivity index (χ0v) is 27.7. The van der Waals surface area contributed by atoms with E-state index in [4.69, 9.17) is 4.74 Å². The second-order valence-electron chi connectivity index (χ2n) is 14.8. The minimum absolute atomic E-state index is 0.0315. The van der Waals surface area contributed by atoms with Crippen LogP contribution in [0.1, 0.15) is 76.3 Å². The maximum atomic E-state index is 14.3. The molecule has 8 heteroatoms. The van der Waals surface area contributed by atoms with Crippen LogP contribution < -0.4 is 10.6 Å². The molecule has 2 heterocycles. The number of alkyl carbamates (subject to hydrolysis) is 1. The van der Waals surface area contributed by atoms with Crippen molar-refractivity contribution in [2.75, 3.05) is 32.7 Å². The number of amides is 3. The van der Waals surface area contributed by atoms with E-state index in [0.29, 0.717) is 56.0 Å². The average Bonchev–Trinajstić information content (AvgIpc) is 3.08. The van der Waals surface area contributed by atoms with E-state index in [-0.39, 0.29) is 18.4 Å². The Balaban J connectivity index is 1.04. The highest BCUT2D eigenvalue weighted by Gasteiger charge is 2.58. The van der Waals surface area contributed by atoms with Gasteiger partial charge in [0.05, 0.1) is 0 Å². The van der Waals surface area contributed by atoms with E-state index < -0.39 is 17.7 Å². The van der Waals surface area contributed by atoms with Crippen molar-refractivity contribution in [1.29, 1.82) is 0 Å². The van der Waals surface area contributed by atoms with Crippen LogP contribution in [0.4, 0.5) is 4.79 Å². The van der Waals surface area contributed by atoms with Crippen LogP contribution >= 0.6 is 0 Å². The lowest BCUT2D eigenvalue weighted by Crippen LogP contribution is -2.74. The topological polar surface area (TPSA) is 91.0 Å². The Hall–Kier alpha value is -3.39. The van der Waals surface area contributed by atoms with Gasteiger partial charge in [0.2, 0.25) is 11.8 Å². The number of nitrogens with one attached hydrogen (secondary N) is 2. The molecular formula is C38H52N4O4. The van der Waals surface area contributed by atoms with Gasteiger partial charge in [-0.1, -0.05) is 74.5 Å². The normalized spacial score (nSPS) is 26.7. The summed E-state index contributed by atoms with van der Waals surface area (Å²) in [5.41, 5.74) is 1.84. The number of ether oxygens (including phenoxy) is 1. The molecule has 2 saturated heterocycles. The van der Waals surface area contributed by atoms with Crippen molar-refractivity contribution in [1.82, 2.24) is 20.4 Å². The third kappa shape index (κ3) is 6.97. The molecule has 248 valence electrons. The first-order chi connectivity index (χ1) is 22.3. The van der Waals surface area contributed by atoms with Crippen molar-refractivity contribution >= 4 is 17.9 Å². The number of likely N-dealkylation sites (tertiary alicyclic amines) is 1. The van der Waals surface area contributed by atoms with Crippen molar-refractivity contribution in [3.63, 3.8) is 0 Å². The number of carbonyl (C=O) groups excluding carboxylic acids is 3. The number of unbranched alkanes of at least 4 members (excludes halogenated alkanes) is 1. The Morgan fingerprint density at radius 2 is 1.65 bits per heavy atom. The molecule has 7 rings (SSSR count). The Morgan fingerprint density at radius 1 is 0.957 bits per heavy atom. The zero-order chi connectivity index (χ0) is 32.1. The van der Waals surface area contributed by atoms with Gasteiger partial charge in [-0.3, -0.25) is 9.59 Å².